The van der Waals surface area contributed by atoms with Gasteiger partial charge in [-0.05, 0) is 38.1 Å². The summed E-state index contributed by atoms with van der Waals surface area (Å²) in [4.78, 5) is 21.0. The number of halogens is 1. The van der Waals surface area contributed by atoms with E-state index in [1.54, 1.807) is 24.3 Å². The summed E-state index contributed by atoms with van der Waals surface area (Å²) in [7, 11) is 5.64. The van der Waals surface area contributed by atoms with Crippen molar-refractivity contribution >= 4 is 11.9 Å². The fourth-order valence-corrected chi connectivity index (χ4v) is 1.47. The molecule has 156 valence electrons. The van der Waals surface area contributed by atoms with Gasteiger partial charge in [0.2, 0.25) is 0 Å². The van der Waals surface area contributed by atoms with Gasteiger partial charge in [0.1, 0.15) is 22.9 Å². The van der Waals surface area contributed by atoms with E-state index in [0.29, 0.717) is 17.1 Å². The number of rotatable bonds is 5. The van der Waals surface area contributed by atoms with E-state index < -0.39 is 5.97 Å². The minimum absolute atomic E-state index is 0.245. The van der Waals surface area contributed by atoms with Gasteiger partial charge in [-0.1, -0.05) is 24.3 Å². The molecule has 0 aliphatic carbocycles. The number of carbonyl (C=O) groups excluding carboxylic acids is 2. The van der Waals surface area contributed by atoms with E-state index in [9.17, 15) is 14.0 Å². The first-order valence-corrected chi connectivity index (χ1v) is 8.15. The smallest absolute Gasteiger partial charge is 0.345 e. The van der Waals surface area contributed by atoms with E-state index >= 15 is 0 Å². The molecule has 0 radical (unpaired) electrons. The highest BCUT2D eigenvalue weighted by Crippen LogP contribution is 2.28. The number of hydrogen-bond acceptors (Lipinski definition) is 6. The van der Waals surface area contributed by atoms with E-state index in [1.807, 2.05) is 13.8 Å². The van der Waals surface area contributed by atoms with Crippen LogP contribution in [0.2, 0.25) is 0 Å². The molecule has 0 atom stereocenters. The standard InChI is InChI=1S/C10H12O4.C8H11F.C3H6O2/c1-12-7-5-4-6-8(13-2)9(7)10(11)14-3;1-4-8(9)6-5-7(2)3;1-3(4)5-2/h4-6H,1-3H3;4-6H,1H2,2-3H3;1-2H3/b;8-6+;. The van der Waals surface area contributed by atoms with E-state index in [0.717, 1.165) is 5.57 Å². The highest BCUT2D eigenvalue weighted by atomic mass is 19.1. The van der Waals surface area contributed by atoms with Crippen LogP contribution in [0.1, 0.15) is 31.1 Å². The van der Waals surface area contributed by atoms with Gasteiger partial charge in [0.15, 0.2) is 0 Å². The third-order valence-corrected chi connectivity index (χ3v) is 2.88. The maximum absolute atomic E-state index is 12.2. The van der Waals surface area contributed by atoms with Gasteiger partial charge in [-0.3, -0.25) is 4.79 Å². The number of benzene rings is 1. The maximum Gasteiger partial charge on any atom is 0.345 e. The van der Waals surface area contributed by atoms with Crippen molar-refractivity contribution in [2.45, 2.75) is 20.8 Å². The summed E-state index contributed by atoms with van der Waals surface area (Å²) in [5.41, 5.74) is 1.38. The lowest BCUT2D eigenvalue weighted by molar-refractivity contribution is -0.137. The molecule has 1 rings (SSSR count). The zero-order chi connectivity index (χ0) is 22.1. The Morgan fingerprint density at radius 1 is 0.929 bits per heavy atom. The number of allylic oxidation sites excluding steroid dienone is 5. The summed E-state index contributed by atoms with van der Waals surface area (Å²) in [6.07, 6.45) is 4.28. The van der Waals surface area contributed by atoms with Crippen molar-refractivity contribution in [1.82, 2.24) is 0 Å². The Kier molecular flexibility index (Phi) is 15.6. The average Bonchev–Trinajstić information content (AvgIpc) is 2.71. The number of esters is 2. The molecule has 0 heterocycles. The molecule has 0 saturated heterocycles. The van der Waals surface area contributed by atoms with Crippen LogP contribution in [-0.2, 0) is 14.3 Å². The van der Waals surface area contributed by atoms with Crippen molar-refractivity contribution in [3.05, 3.63) is 60.0 Å². The molecule has 0 N–H and O–H groups in total. The second-order valence-electron chi connectivity index (χ2n) is 5.22. The van der Waals surface area contributed by atoms with Crippen LogP contribution in [0, 0.1) is 0 Å². The third kappa shape index (κ3) is 12.3. The van der Waals surface area contributed by atoms with Gasteiger partial charge >= 0.3 is 11.9 Å². The van der Waals surface area contributed by atoms with Gasteiger partial charge in [0.05, 0.1) is 28.4 Å². The molecule has 1 aromatic rings. The molecule has 0 fully saturated rings. The van der Waals surface area contributed by atoms with Crippen molar-refractivity contribution in [2.24, 2.45) is 0 Å². The number of hydrogen-bond donors (Lipinski definition) is 0. The van der Waals surface area contributed by atoms with E-state index in [1.165, 1.54) is 47.5 Å². The highest BCUT2D eigenvalue weighted by Gasteiger charge is 2.18. The van der Waals surface area contributed by atoms with Crippen LogP contribution in [-0.4, -0.2) is 40.4 Å². The van der Waals surface area contributed by atoms with Crippen LogP contribution in [0.3, 0.4) is 0 Å². The molecule has 0 aromatic heterocycles. The largest absolute Gasteiger partial charge is 0.496 e. The quantitative estimate of drug-likeness (QED) is 0.532. The number of carbonyl (C=O) groups is 2. The van der Waals surface area contributed by atoms with Gasteiger partial charge < -0.3 is 18.9 Å². The van der Waals surface area contributed by atoms with Gasteiger partial charge in [0.25, 0.3) is 0 Å². The van der Waals surface area contributed by atoms with Crippen molar-refractivity contribution in [3.63, 3.8) is 0 Å². The molecule has 28 heavy (non-hydrogen) atoms. The molecule has 0 amide bonds. The van der Waals surface area contributed by atoms with E-state index in [-0.39, 0.29) is 11.8 Å². The van der Waals surface area contributed by atoms with Gasteiger partial charge in [0, 0.05) is 6.92 Å². The molecular formula is C21H29FO6. The molecule has 0 spiro atoms. The summed E-state index contributed by atoms with van der Waals surface area (Å²) >= 11 is 0. The highest BCUT2D eigenvalue weighted by molar-refractivity contribution is 5.95. The van der Waals surface area contributed by atoms with E-state index in [4.69, 9.17) is 9.47 Å². The van der Waals surface area contributed by atoms with E-state index in [2.05, 4.69) is 16.1 Å². The van der Waals surface area contributed by atoms with Crippen LogP contribution < -0.4 is 9.47 Å². The predicted molar refractivity (Wildman–Crippen MR) is 107 cm³/mol. The van der Waals surface area contributed by atoms with Gasteiger partial charge in [-0.15, -0.1) is 0 Å². The molecule has 7 heteroatoms. The number of methoxy groups -OCH3 is 4. The second-order valence-corrected chi connectivity index (χ2v) is 5.22. The van der Waals surface area contributed by atoms with Crippen molar-refractivity contribution in [2.75, 3.05) is 28.4 Å². The predicted octanol–water partition coefficient (Wildman–Crippen LogP) is 4.66. The molecule has 0 saturated carbocycles. The van der Waals surface area contributed by atoms with Crippen LogP contribution in [0.4, 0.5) is 4.39 Å². The number of ether oxygens (including phenoxy) is 4. The van der Waals surface area contributed by atoms with Crippen LogP contribution >= 0.6 is 0 Å². The summed E-state index contributed by atoms with van der Waals surface area (Å²) in [6.45, 7) is 8.45. The van der Waals surface area contributed by atoms with Gasteiger partial charge in [-0.2, -0.15) is 0 Å². The zero-order valence-corrected chi connectivity index (χ0v) is 17.5. The molecule has 0 bridgehead atoms. The molecule has 1 aromatic carbocycles. The first kappa shape index (κ1) is 27.1. The van der Waals surface area contributed by atoms with Crippen LogP contribution in [0.5, 0.6) is 11.5 Å². The Hall–Kier alpha value is -3.09. The Balaban J connectivity index is 0. The van der Waals surface area contributed by atoms with Crippen LogP contribution in [0.15, 0.2) is 54.4 Å². The minimum atomic E-state index is -0.473. The monoisotopic (exact) mass is 396 g/mol. The fraction of sp³-hybridized carbons (Fsp3) is 0.333. The topological polar surface area (TPSA) is 71.1 Å². The van der Waals surface area contributed by atoms with Crippen LogP contribution in [0.25, 0.3) is 0 Å². The zero-order valence-electron chi connectivity index (χ0n) is 17.5. The molecule has 0 aliphatic rings. The molecule has 0 unspecified atom stereocenters. The lowest BCUT2D eigenvalue weighted by Crippen LogP contribution is -2.06. The first-order valence-electron chi connectivity index (χ1n) is 8.15. The lowest BCUT2D eigenvalue weighted by atomic mass is 10.2. The Morgan fingerprint density at radius 2 is 1.39 bits per heavy atom. The second kappa shape index (κ2) is 16.1. The van der Waals surface area contributed by atoms with Crippen molar-refractivity contribution in [3.8, 4) is 11.5 Å². The summed E-state index contributed by atoms with van der Waals surface area (Å²) in [5, 5.41) is 0. The maximum atomic E-state index is 12.2. The minimum Gasteiger partial charge on any atom is -0.496 e. The molecular weight excluding hydrogens is 367 g/mol. The molecule has 6 nitrogen and oxygen atoms in total. The molecule has 0 aliphatic heterocycles. The summed E-state index contributed by atoms with van der Waals surface area (Å²) in [5.74, 6) is -0.132. The Labute approximate surface area is 166 Å². The first-order chi connectivity index (χ1) is 13.2. The average molecular weight is 396 g/mol. The normalized spacial score (nSPS) is 9.36. The summed E-state index contributed by atoms with van der Waals surface area (Å²) in [6, 6.07) is 5.09. The van der Waals surface area contributed by atoms with Crippen molar-refractivity contribution < 1.29 is 32.9 Å². The Bertz CT molecular complexity index is 666. The fourth-order valence-electron chi connectivity index (χ4n) is 1.47. The summed E-state index contributed by atoms with van der Waals surface area (Å²) < 4.78 is 31.0. The SMILES string of the molecule is C=C/C(F)=C\C=C(C)C.COC(=O)c1c(OC)cccc1OC.COC(C)=O. The van der Waals surface area contributed by atoms with Crippen molar-refractivity contribution in [1.29, 1.82) is 0 Å². The third-order valence-electron chi connectivity index (χ3n) is 2.88. The Morgan fingerprint density at radius 3 is 1.68 bits per heavy atom. The van der Waals surface area contributed by atoms with Gasteiger partial charge in [-0.25, -0.2) is 9.18 Å². The lowest BCUT2D eigenvalue weighted by Gasteiger charge is -2.10.